The first-order valence-electron chi connectivity index (χ1n) is 5.60. The number of hydrogen-bond acceptors (Lipinski definition) is 2. The van der Waals surface area contributed by atoms with Crippen LogP contribution in [0.4, 0.5) is 0 Å². The highest BCUT2D eigenvalue weighted by molar-refractivity contribution is 6.30. The summed E-state index contributed by atoms with van der Waals surface area (Å²) in [6.07, 6.45) is 0. The average Bonchev–Trinajstić information content (AvgIpc) is 2.37. The molecule has 2 aromatic carbocycles. The molecular formula is C14H14Cl2N2. The van der Waals surface area contributed by atoms with Gasteiger partial charge in [-0.2, -0.15) is 0 Å². The highest BCUT2D eigenvalue weighted by atomic mass is 35.5. The maximum Gasteiger partial charge on any atom is 0.0491 e. The van der Waals surface area contributed by atoms with Crippen LogP contribution in [0.15, 0.2) is 48.5 Å². The fraction of sp³-hybridized carbons (Fsp3) is 0.143. The maximum atomic E-state index is 6.16. The molecule has 2 atom stereocenters. The molecule has 0 aliphatic rings. The third-order valence-corrected chi connectivity index (χ3v) is 3.32. The topological polar surface area (TPSA) is 52.0 Å². The first-order valence-corrected chi connectivity index (χ1v) is 6.35. The van der Waals surface area contributed by atoms with Crippen LogP contribution in [0, 0.1) is 0 Å². The fourth-order valence-electron chi connectivity index (χ4n) is 1.84. The summed E-state index contributed by atoms with van der Waals surface area (Å²) in [5, 5.41) is 1.31. The van der Waals surface area contributed by atoms with Crippen LogP contribution in [0.3, 0.4) is 0 Å². The van der Waals surface area contributed by atoms with Gasteiger partial charge in [-0.05, 0) is 35.4 Å². The van der Waals surface area contributed by atoms with Gasteiger partial charge >= 0.3 is 0 Å². The van der Waals surface area contributed by atoms with Crippen LogP contribution in [0.25, 0.3) is 0 Å². The molecule has 0 unspecified atom stereocenters. The van der Waals surface area contributed by atoms with Gasteiger partial charge in [0.25, 0.3) is 0 Å². The summed E-state index contributed by atoms with van der Waals surface area (Å²) >= 11 is 11.9. The van der Waals surface area contributed by atoms with Crippen molar-refractivity contribution in [3.05, 3.63) is 69.7 Å². The third kappa shape index (κ3) is 3.03. The van der Waals surface area contributed by atoms with Crippen molar-refractivity contribution < 1.29 is 0 Å². The Labute approximate surface area is 117 Å². The largest absolute Gasteiger partial charge is 0.322 e. The molecule has 0 fully saturated rings. The zero-order valence-electron chi connectivity index (χ0n) is 9.68. The minimum atomic E-state index is -0.317. The minimum absolute atomic E-state index is 0.317. The van der Waals surface area contributed by atoms with E-state index in [0.717, 1.165) is 11.1 Å². The molecule has 2 aromatic rings. The lowest BCUT2D eigenvalue weighted by Crippen LogP contribution is -2.26. The van der Waals surface area contributed by atoms with Crippen LogP contribution in [0.1, 0.15) is 23.2 Å². The Bertz CT molecular complexity index is 493. The van der Waals surface area contributed by atoms with E-state index < -0.39 is 0 Å². The molecule has 0 aromatic heterocycles. The predicted octanol–water partition coefficient (Wildman–Crippen LogP) is 3.69. The van der Waals surface area contributed by atoms with Gasteiger partial charge in [-0.1, -0.05) is 47.5 Å². The van der Waals surface area contributed by atoms with E-state index in [2.05, 4.69) is 0 Å². The van der Waals surface area contributed by atoms with Gasteiger partial charge in [0.05, 0.1) is 0 Å². The predicted molar refractivity (Wildman–Crippen MR) is 76.8 cm³/mol. The van der Waals surface area contributed by atoms with E-state index >= 15 is 0 Å². The Balaban J connectivity index is 2.26. The molecule has 0 aliphatic carbocycles. The van der Waals surface area contributed by atoms with Gasteiger partial charge in [0, 0.05) is 22.1 Å². The molecule has 0 heterocycles. The van der Waals surface area contributed by atoms with Crippen LogP contribution >= 0.6 is 23.2 Å². The Hall–Kier alpha value is -1.06. The lowest BCUT2D eigenvalue weighted by Gasteiger charge is -2.21. The van der Waals surface area contributed by atoms with Crippen molar-refractivity contribution in [3.63, 3.8) is 0 Å². The minimum Gasteiger partial charge on any atom is -0.322 e. The van der Waals surface area contributed by atoms with Crippen molar-refractivity contribution in [1.29, 1.82) is 0 Å². The molecule has 2 nitrogen and oxygen atoms in total. The van der Waals surface area contributed by atoms with E-state index in [1.807, 2.05) is 48.5 Å². The van der Waals surface area contributed by atoms with Gasteiger partial charge < -0.3 is 11.5 Å². The molecule has 0 aliphatic heterocycles. The number of benzene rings is 2. The molecule has 0 saturated heterocycles. The average molecular weight is 281 g/mol. The lowest BCUT2D eigenvalue weighted by molar-refractivity contribution is 0.574. The normalized spacial score (nSPS) is 14.2. The second-order valence-corrected chi connectivity index (χ2v) is 5.03. The fourth-order valence-corrected chi connectivity index (χ4v) is 2.24. The summed E-state index contributed by atoms with van der Waals surface area (Å²) in [6.45, 7) is 0. The first kappa shape index (κ1) is 13.4. The van der Waals surface area contributed by atoms with Gasteiger partial charge in [0.15, 0.2) is 0 Å². The molecule has 94 valence electrons. The van der Waals surface area contributed by atoms with Gasteiger partial charge in [0.2, 0.25) is 0 Å². The molecule has 4 N–H and O–H groups in total. The summed E-state index contributed by atoms with van der Waals surface area (Å²) in [5.74, 6) is 0. The Morgan fingerprint density at radius 3 is 1.44 bits per heavy atom. The quantitative estimate of drug-likeness (QED) is 0.901. The van der Waals surface area contributed by atoms with Crippen molar-refractivity contribution in [2.75, 3.05) is 0 Å². The van der Waals surface area contributed by atoms with Gasteiger partial charge in [-0.3, -0.25) is 0 Å². The van der Waals surface area contributed by atoms with Crippen molar-refractivity contribution >= 4 is 23.2 Å². The monoisotopic (exact) mass is 280 g/mol. The molecule has 2 rings (SSSR count). The summed E-state index contributed by atoms with van der Waals surface area (Å²) in [6, 6.07) is 14.2. The molecule has 0 spiro atoms. The van der Waals surface area contributed by atoms with Crippen LogP contribution in [-0.2, 0) is 0 Å². The van der Waals surface area contributed by atoms with Gasteiger partial charge in [-0.25, -0.2) is 0 Å². The summed E-state index contributed by atoms with van der Waals surface area (Å²) in [4.78, 5) is 0. The number of nitrogens with two attached hydrogens (primary N) is 2. The smallest absolute Gasteiger partial charge is 0.0491 e. The van der Waals surface area contributed by atoms with E-state index in [9.17, 15) is 0 Å². The van der Waals surface area contributed by atoms with E-state index in [1.54, 1.807) is 0 Å². The number of hydrogen-bond donors (Lipinski definition) is 2. The maximum absolute atomic E-state index is 6.16. The molecule has 0 bridgehead atoms. The summed E-state index contributed by atoms with van der Waals surface area (Å²) in [5.41, 5.74) is 14.1. The number of rotatable bonds is 3. The Morgan fingerprint density at radius 1 is 0.722 bits per heavy atom. The summed E-state index contributed by atoms with van der Waals surface area (Å²) in [7, 11) is 0. The second-order valence-electron chi connectivity index (χ2n) is 4.16. The van der Waals surface area contributed by atoms with Crippen molar-refractivity contribution in [3.8, 4) is 0 Å². The summed E-state index contributed by atoms with van der Waals surface area (Å²) < 4.78 is 0. The molecular weight excluding hydrogens is 267 g/mol. The van der Waals surface area contributed by atoms with E-state index in [1.165, 1.54) is 0 Å². The number of halogens is 2. The second kappa shape index (κ2) is 5.72. The van der Waals surface area contributed by atoms with Crippen LogP contribution in [0.2, 0.25) is 10.0 Å². The SMILES string of the molecule is N[C@@H](c1cccc(Cl)c1)[C@@H](N)c1cccc(Cl)c1. The lowest BCUT2D eigenvalue weighted by atomic mass is 9.95. The van der Waals surface area contributed by atoms with Crippen LogP contribution < -0.4 is 11.5 Å². The molecule has 0 amide bonds. The first-order chi connectivity index (χ1) is 8.58. The van der Waals surface area contributed by atoms with Gasteiger partial charge in [0.1, 0.15) is 0 Å². The van der Waals surface area contributed by atoms with Crippen LogP contribution in [0.5, 0.6) is 0 Å². The van der Waals surface area contributed by atoms with E-state index in [0.29, 0.717) is 10.0 Å². The molecule has 4 heteroatoms. The zero-order chi connectivity index (χ0) is 13.1. The third-order valence-electron chi connectivity index (χ3n) is 2.85. The van der Waals surface area contributed by atoms with E-state index in [4.69, 9.17) is 34.7 Å². The Morgan fingerprint density at radius 2 is 1.11 bits per heavy atom. The van der Waals surface area contributed by atoms with Crippen molar-refractivity contribution in [2.24, 2.45) is 11.5 Å². The van der Waals surface area contributed by atoms with Gasteiger partial charge in [-0.15, -0.1) is 0 Å². The molecule has 0 radical (unpaired) electrons. The van der Waals surface area contributed by atoms with Crippen molar-refractivity contribution in [1.82, 2.24) is 0 Å². The molecule has 0 saturated carbocycles. The van der Waals surface area contributed by atoms with Crippen molar-refractivity contribution in [2.45, 2.75) is 12.1 Å². The zero-order valence-corrected chi connectivity index (χ0v) is 11.2. The van der Waals surface area contributed by atoms with Crippen LogP contribution in [-0.4, -0.2) is 0 Å². The molecule has 18 heavy (non-hydrogen) atoms. The standard InChI is InChI=1S/C14H14Cl2N2/c15-11-5-1-3-9(7-11)13(17)14(18)10-4-2-6-12(16)8-10/h1-8,13-14H,17-18H2/t13-,14-/m0/s1. The highest BCUT2D eigenvalue weighted by Gasteiger charge is 2.17. The van der Waals surface area contributed by atoms with E-state index in [-0.39, 0.29) is 12.1 Å². The highest BCUT2D eigenvalue weighted by Crippen LogP contribution is 2.27. The Kier molecular flexibility index (Phi) is 4.25.